The second-order valence-corrected chi connectivity index (χ2v) is 9.41. The van der Waals surface area contributed by atoms with E-state index in [-0.39, 0.29) is 16.8 Å². The first kappa shape index (κ1) is 22.6. The van der Waals surface area contributed by atoms with Crippen LogP contribution in [0.2, 0.25) is 0 Å². The zero-order valence-corrected chi connectivity index (χ0v) is 19.1. The van der Waals surface area contributed by atoms with Crippen LogP contribution >= 0.6 is 0 Å². The minimum Gasteiger partial charge on any atom is -0.345 e. The third-order valence-electron chi connectivity index (χ3n) is 5.44. The summed E-state index contributed by atoms with van der Waals surface area (Å²) in [4.78, 5) is 12.9. The summed E-state index contributed by atoms with van der Waals surface area (Å²) in [7, 11) is -3.82. The SMILES string of the molecule is CC[C@H](NC(=O)c1cccc(S(=O)(=O)Nc2ccccc2C)c1)c1ccc(C)c(C)c1. The maximum Gasteiger partial charge on any atom is 0.261 e. The van der Waals surface area contributed by atoms with Gasteiger partial charge in [0.25, 0.3) is 15.9 Å². The molecule has 2 N–H and O–H groups in total. The number of aryl methyl sites for hydroxylation is 3. The first-order chi connectivity index (χ1) is 14.7. The van der Waals surface area contributed by atoms with Gasteiger partial charge in [-0.15, -0.1) is 0 Å². The van der Waals surface area contributed by atoms with Crippen LogP contribution in [0, 0.1) is 20.8 Å². The lowest BCUT2D eigenvalue weighted by atomic mass is 9.99. The molecule has 31 heavy (non-hydrogen) atoms. The smallest absolute Gasteiger partial charge is 0.261 e. The van der Waals surface area contributed by atoms with E-state index in [0.29, 0.717) is 11.3 Å². The fourth-order valence-corrected chi connectivity index (χ4v) is 4.52. The van der Waals surface area contributed by atoms with Crippen molar-refractivity contribution in [3.8, 4) is 0 Å². The van der Waals surface area contributed by atoms with E-state index < -0.39 is 10.0 Å². The van der Waals surface area contributed by atoms with Crippen molar-refractivity contribution in [2.24, 2.45) is 0 Å². The lowest BCUT2D eigenvalue weighted by Gasteiger charge is -2.19. The van der Waals surface area contributed by atoms with Gasteiger partial charge < -0.3 is 5.32 Å². The maximum absolute atomic E-state index is 12.9. The van der Waals surface area contributed by atoms with Gasteiger partial charge >= 0.3 is 0 Å². The number of nitrogens with one attached hydrogen (secondary N) is 2. The van der Waals surface area contributed by atoms with Gasteiger partial charge in [0.15, 0.2) is 0 Å². The number of anilines is 1. The molecule has 162 valence electrons. The monoisotopic (exact) mass is 436 g/mol. The molecule has 0 radical (unpaired) electrons. The van der Waals surface area contributed by atoms with E-state index in [1.807, 2.05) is 45.0 Å². The Labute approximate surface area is 184 Å². The van der Waals surface area contributed by atoms with Crippen molar-refractivity contribution in [1.29, 1.82) is 0 Å². The summed E-state index contributed by atoms with van der Waals surface area (Å²) in [6, 6.07) is 19.2. The van der Waals surface area contributed by atoms with Crippen LogP contribution in [0.25, 0.3) is 0 Å². The fourth-order valence-electron chi connectivity index (χ4n) is 3.34. The number of carbonyl (C=O) groups excluding carboxylic acids is 1. The average Bonchev–Trinajstić information content (AvgIpc) is 2.75. The second kappa shape index (κ2) is 9.35. The summed E-state index contributed by atoms with van der Waals surface area (Å²) in [5.41, 5.74) is 5.03. The van der Waals surface area contributed by atoms with Gasteiger partial charge in [-0.2, -0.15) is 0 Å². The highest BCUT2D eigenvalue weighted by molar-refractivity contribution is 7.92. The highest BCUT2D eigenvalue weighted by Gasteiger charge is 2.19. The molecular weight excluding hydrogens is 408 g/mol. The molecule has 0 saturated heterocycles. The zero-order valence-electron chi connectivity index (χ0n) is 18.3. The number of hydrogen-bond donors (Lipinski definition) is 2. The molecule has 0 unspecified atom stereocenters. The number of hydrogen-bond acceptors (Lipinski definition) is 3. The van der Waals surface area contributed by atoms with Crippen LogP contribution in [0.15, 0.2) is 71.6 Å². The molecule has 0 spiro atoms. The average molecular weight is 437 g/mol. The van der Waals surface area contributed by atoms with E-state index in [4.69, 9.17) is 0 Å². The van der Waals surface area contributed by atoms with Crippen LogP contribution in [0.1, 0.15) is 52.0 Å². The summed E-state index contributed by atoms with van der Waals surface area (Å²) in [5, 5.41) is 3.03. The lowest BCUT2D eigenvalue weighted by Crippen LogP contribution is -2.28. The molecule has 6 heteroatoms. The Balaban J connectivity index is 1.82. The van der Waals surface area contributed by atoms with Gasteiger partial charge in [0.2, 0.25) is 0 Å². The molecule has 0 fully saturated rings. The Morgan fingerprint density at radius 3 is 2.29 bits per heavy atom. The van der Waals surface area contributed by atoms with Crippen LogP contribution < -0.4 is 10.0 Å². The standard InChI is InChI=1S/C25H28N2O3S/c1-5-23(20-14-13-17(2)19(4)15-20)26-25(28)21-10-8-11-22(16-21)31(29,30)27-24-12-7-6-9-18(24)3/h6-16,23,27H,5H2,1-4H3,(H,26,28)/t23-/m0/s1. The number of benzene rings is 3. The van der Waals surface area contributed by atoms with Crippen molar-refractivity contribution >= 4 is 21.6 Å². The largest absolute Gasteiger partial charge is 0.345 e. The Hall–Kier alpha value is -3.12. The molecule has 0 saturated carbocycles. The number of rotatable bonds is 7. The molecule has 3 rings (SSSR count). The molecule has 0 aliphatic heterocycles. The first-order valence-corrected chi connectivity index (χ1v) is 11.8. The van der Waals surface area contributed by atoms with Crippen LogP contribution in [-0.2, 0) is 10.0 Å². The normalized spacial score (nSPS) is 12.3. The maximum atomic E-state index is 12.9. The van der Waals surface area contributed by atoms with Crippen molar-refractivity contribution in [3.05, 3.63) is 94.5 Å². The fraction of sp³-hybridized carbons (Fsp3) is 0.240. The van der Waals surface area contributed by atoms with E-state index in [2.05, 4.69) is 23.0 Å². The van der Waals surface area contributed by atoms with Crippen LogP contribution in [0.5, 0.6) is 0 Å². The molecule has 0 aromatic heterocycles. The number of sulfonamides is 1. The van der Waals surface area contributed by atoms with Crippen molar-refractivity contribution in [2.45, 2.75) is 45.1 Å². The number of para-hydroxylation sites is 1. The van der Waals surface area contributed by atoms with Crippen molar-refractivity contribution in [3.63, 3.8) is 0 Å². The van der Waals surface area contributed by atoms with Gasteiger partial charge in [-0.3, -0.25) is 9.52 Å². The highest BCUT2D eigenvalue weighted by Crippen LogP contribution is 2.22. The quantitative estimate of drug-likeness (QED) is 0.528. The second-order valence-electron chi connectivity index (χ2n) is 7.73. The van der Waals surface area contributed by atoms with Gasteiger partial charge in [-0.05, 0) is 73.7 Å². The third-order valence-corrected chi connectivity index (χ3v) is 6.81. The third kappa shape index (κ3) is 5.33. The van der Waals surface area contributed by atoms with E-state index >= 15 is 0 Å². The lowest BCUT2D eigenvalue weighted by molar-refractivity contribution is 0.0935. The Bertz CT molecular complexity index is 1200. The van der Waals surface area contributed by atoms with Crippen molar-refractivity contribution in [1.82, 2.24) is 5.32 Å². The summed E-state index contributed by atoms with van der Waals surface area (Å²) in [5.74, 6) is -0.307. The van der Waals surface area contributed by atoms with E-state index in [1.165, 1.54) is 23.3 Å². The van der Waals surface area contributed by atoms with Gasteiger partial charge in [0.05, 0.1) is 16.6 Å². The number of carbonyl (C=O) groups is 1. The summed E-state index contributed by atoms with van der Waals surface area (Å²) in [6.45, 7) is 7.94. The minimum atomic E-state index is -3.82. The van der Waals surface area contributed by atoms with Crippen LogP contribution in [0.4, 0.5) is 5.69 Å². The molecule has 0 aliphatic rings. The molecular formula is C25H28N2O3S. The predicted octanol–water partition coefficient (Wildman–Crippen LogP) is 5.29. The Morgan fingerprint density at radius 1 is 0.871 bits per heavy atom. The van der Waals surface area contributed by atoms with Crippen molar-refractivity contribution in [2.75, 3.05) is 4.72 Å². The molecule has 3 aromatic carbocycles. The van der Waals surface area contributed by atoms with Crippen molar-refractivity contribution < 1.29 is 13.2 Å². The van der Waals surface area contributed by atoms with Gasteiger partial charge in [0.1, 0.15) is 0 Å². The minimum absolute atomic E-state index is 0.0441. The van der Waals surface area contributed by atoms with Gasteiger partial charge in [-0.1, -0.05) is 49.4 Å². The highest BCUT2D eigenvalue weighted by atomic mass is 32.2. The van der Waals surface area contributed by atoms with E-state index in [9.17, 15) is 13.2 Å². The molecule has 1 atom stereocenters. The summed E-state index contributed by atoms with van der Waals surface area (Å²) < 4.78 is 28.3. The van der Waals surface area contributed by atoms with E-state index in [1.54, 1.807) is 24.3 Å². The first-order valence-electron chi connectivity index (χ1n) is 10.3. The Morgan fingerprint density at radius 2 is 1.61 bits per heavy atom. The molecule has 1 amide bonds. The number of amides is 1. The topological polar surface area (TPSA) is 75.3 Å². The summed E-state index contributed by atoms with van der Waals surface area (Å²) in [6.07, 6.45) is 0.723. The molecule has 0 aliphatic carbocycles. The van der Waals surface area contributed by atoms with E-state index in [0.717, 1.165) is 17.5 Å². The Kier molecular flexibility index (Phi) is 6.81. The van der Waals surface area contributed by atoms with Crippen LogP contribution in [0.3, 0.4) is 0 Å². The van der Waals surface area contributed by atoms with Crippen LogP contribution in [-0.4, -0.2) is 14.3 Å². The predicted molar refractivity (Wildman–Crippen MR) is 125 cm³/mol. The molecule has 5 nitrogen and oxygen atoms in total. The molecule has 0 heterocycles. The summed E-state index contributed by atoms with van der Waals surface area (Å²) >= 11 is 0. The molecule has 3 aromatic rings. The molecule has 0 bridgehead atoms. The van der Waals surface area contributed by atoms with Gasteiger partial charge in [0, 0.05) is 5.56 Å². The zero-order chi connectivity index (χ0) is 22.6. The van der Waals surface area contributed by atoms with Gasteiger partial charge in [-0.25, -0.2) is 8.42 Å².